The fourth-order valence-corrected chi connectivity index (χ4v) is 2.52. The zero-order valence-electron chi connectivity index (χ0n) is 14.3. The van der Waals surface area contributed by atoms with Gasteiger partial charge in [-0.05, 0) is 38.9 Å². The van der Waals surface area contributed by atoms with Gasteiger partial charge in [0.05, 0.1) is 25.5 Å². The molecule has 2 rings (SSSR count). The summed E-state index contributed by atoms with van der Waals surface area (Å²) in [6, 6.07) is 6.04. The molecule has 0 saturated carbocycles. The van der Waals surface area contributed by atoms with Crippen molar-refractivity contribution in [3.63, 3.8) is 0 Å². The molecular weight excluding hydrogens is 290 g/mol. The van der Waals surface area contributed by atoms with Gasteiger partial charge in [0.15, 0.2) is 5.96 Å². The van der Waals surface area contributed by atoms with Crippen molar-refractivity contribution in [2.75, 3.05) is 45.9 Å². The van der Waals surface area contributed by atoms with Crippen molar-refractivity contribution >= 4 is 5.96 Å². The Morgan fingerprint density at radius 1 is 1.30 bits per heavy atom. The lowest BCUT2D eigenvalue weighted by molar-refractivity contribution is 0.0376. The van der Waals surface area contributed by atoms with E-state index in [4.69, 9.17) is 4.74 Å². The van der Waals surface area contributed by atoms with Gasteiger partial charge in [-0.15, -0.1) is 0 Å². The number of hydrogen-bond acceptors (Lipinski definition) is 4. The van der Waals surface area contributed by atoms with Gasteiger partial charge in [0.1, 0.15) is 0 Å². The number of nitrogens with one attached hydrogen (secondary N) is 2. The van der Waals surface area contributed by atoms with Crippen molar-refractivity contribution in [3.8, 4) is 0 Å². The maximum Gasteiger partial charge on any atom is 0.191 e. The average molecular weight is 319 g/mol. The normalized spacial score (nSPS) is 16.3. The standard InChI is InChI=1S/C17H29N5O/c1-3-18-17(20-14-16-7-4-6-15(2)21-16)19-8-5-9-22-10-12-23-13-11-22/h4,6-7H,3,5,8-14H2,1-2H3,(H2,18,19,20). The number of aromatic nitrogens is 1. The molecule has 0 unspecified atom stereocenters. The van der Waals surface area contributed by atoms with Gasteiger partial charge in [-0.3, -0.25) is 9.88 Å². The lowest BCUT2D eigenvalue weighted by Gasteiger charge is -2.26. The maximum absolute atomic E-state index is 5.37. The Balaban J connectivity index is 1.72. The van der Waals surface area contributed by atoms with Crippen LogP contribution in [0.1, 0.15) is 24.7 Å². The van der Waals surface area contributed by atoms with Crippen LogP contribution in [-0.4, -0.2) is 61.8 Å². The van der Waals surface area contributed by atoms with Crippen LogP contribution in [-0.2, 0) is 11.3 Å². The monoisotopic (exact) mass is 319 g/mol. The number of aliphatic imine (C=N–C) groups is 1. The highest BCUT2D eigenvalue weighted by molar-refractivity contribution is 5.79. The van der Waals surface area contributed by atoms with Crippen LogP contribution in [0.2, 0.25) is 0 Å². The highest BCUT2D eigenvalue weighted by atomic mass is 16.5. The first kappa shape index (κ1) is 17.7. The Morgan fingerprint density at radius 2 is 2.13 bits per heavy atom. The molecule has 1 aliphatic heterocycles. The van der Waals surface area contributed by atoms with Gasteiger partial charge in [-0.2, -0.15) is 0 Å². The molecule has 0 aliphatic carbocycles. The summed E-state index contributed by atoms with van der Waals surface area (Å²) in [6.45, 7) is 11.4. The van der Waals surface area contributed by atoms with Gasteiger partial charge in [0.25, 0.3) is 0 Å². The Bertz CT molecular complexity index is 486. The molecule has 2 N–H and O–H groups in total. The molecule has 6 heteroatoms. The molecule has 1 saturated heterocycles. The molecule has 1 fully saturated rings. The number of morpholine rings is 1. The van der Waals surface area contributed by atoms with E-state index in [2.05, 4.69) is 32.4 Å². The minimum atomic E-state index is 0.598. The number of rotatable bonds is 7. The van der Waals surface area contributed by atoms with E-state index in [0.29, 0.717) is 6.54 Å². The summed E-state index contributed by atoms with van der Waals surface area (Å²) < 4.78 is 5.37. The lowest BCUT2D eigenvalue weighted by atomic mass is 10.3. The summed E-state index contributed by atoms with van der Waals surface area (Å²) in [5.74, 6) is 0.859. The van der Waals surface area contributed by atoms with Crippen LogP contribution in [0.4, 0.5) is 0 Å². The first-order valence-corrected chi connectivity index (χ1v) is 8.52. The molecular formula is C17H29N5O. The molecule has 128 valence electrons. The smallest absolute Gasteiger partial charge is 0.191 e. The third-order valence-corrected chi connectivity index (χ3v) is 3.74. The molecule has 0 amide bonds. The minimum Gasteiger partial charge on any atom is -0.379 e. The van der Waals surface area contributed by atoms with Gasteiger partial charge in [0, 0.05) is 31.9 Å². The number of guanidine groups is 1. The SMILES string of the molecule is CCNC(=NCc1cccc(C)n1)NCCCN1CCOCC1. The second-order valence-electron chi connectivity index (χ2n) is 5.70. The zero-order valence-corrected chi connectivity index (χ0v) is 14.3. The summed E-state index contributed by atoms with van der Waals surface area (Å²) in [5.41, 5.74) is 2.02. The van der Waals surface area contributed by atoms with E-state index in [1.807, 2.05) is 25.1 Å². The van der Waals surface area contributed by atoms with Crippen LogP contribution >= 0.6 is 0 Å². The van der Waals surface area contributed by atoms with E-state index in [-0.39, 0.29) is 0 Å². The van der Waals surface area contributed by atoms with E-state index in [1.165, 1.54) is 0 Å². The predicted molar refractivity (Wildman–Crippen MR) is 93.7 cm³/mol. The minimum absolute atomic E-state index is 0.598. The number of hydrogen-bond donors (Lipinski definition) is 2. The number of aryl methyl sites for hydroxylation is 1. The molecule has 0 bridgehead atoms. The van der Waals surface area contributed by atoms with Crippen LogP contribution in [0.5, 0.6) is 0 Å². The summed E-state index contributed by atoms with van der Waals surface area (Å²) in [7, 11) is 0. The molecule has 1 aliphatic rings. The third-order valence-electron chi connectivity index (χ3n) is 3.74. The van der Waals surface area contributed by atoms with Crippen molar-refractivity contribution in [3.05, 3.63) is 29.6 Å². The predicted octanol–water partition coefficient (Wildman–Crippen LogP) is 1.17. The average Bonchev–Trinajstić information content (AvgIpc) is 2.57. The largest absolute Gasteiger partial charge is 0.379 e. The van der Waals surface area contributed by atoms with E-state index in [9.17, 15) is 0 Å². The van der Waals surface area contributed by atoms with E-state index in [1.54, 1.807) is 0 Å². The van der Waals surface area contributed by atoms with Crippen molar-refractivity contribution < 1.29 is 4.74 Å². The van der Waals surface area contributed by atoms with Crippen LogP contribution in [0.25, 0.3) is 0 Å². The molecule has 1 aromatic rings. The van der Waals surface area contributed by atoms with Gasteiger partial charge in [-0.1, -0.05) is 6.07 Å². The molecule has 0 radical (unpaired) electrons. The van der Waals surface area contributed by atoms with Crippen molar-refractivity contribution in [2.24, 2.45) is 4.99 Å². The molecule has 0 aromatic carbocycles. The second kappa shape index (κ2) is 10.2. The third kappa shape index (κ3) is 6.97. The summed E-state index contributed by atoms with van der Waals surface area (Å²) in [4.78, 5) is 11.5. The number of ether oxygens (including phenoxy) is 1. The van der Waals surface area contributed by atoms with Gasteiger partial charge in [0.2, 0.25) is 0 Å². The fraction of sp³-hybridized carbons (Fsp3) is 0.647. The van der Waals surface area contributed by atoms with Crippen LogP contribution in [0.15, 0.2) is 23.2 Å². The quantitative estimate of drug-likeness (QED) is 0.449. The highest BCUT2D eigenvalue weighted by Gasteiger charge is 2.09. The van der Waals surface area contributed by atoms with Crippen LogP contribution in [0.3, 0.4) is 0 Å². The Hall–Kier alpha value is -1.66. The Kier molecular flexibility index (Phi) is 7.83. The van der Waals surface area contributed by atoms with Crippen molar-refractivity contribution in [1.82, 2.24) is 20.5 Å². The molecule has 0 atom stereocenters. The summed E-state index contributed by atoms with van der Waals surface area (Å²) >= 11 is 0. The molecule has 0 spiro atoms. The van der Waals surface area contributed by atoms with Gasteiger partial charge >= 0.3 is 0 Å². The van der Waals surface area contributed by atoms with E-state index >= 15 is 0 Å². The summed E-state index contributed by atoms with van der Waals surface area (Å²) in [6.07, 6.45) is 1.10. The van der Waals surface area contributed by atoms with Crippen LogP contribution in [0, 0.1) is 6.92 Å². The van der Waals surface area contributed by atoms with E-state index < -0.39 is 0 Å². The van der Waals surface area contributed by atoms with Crippen molar-refractivity contribution in [2.45, 2.75) is 26.8 Å². The number of pyridine rings is 1. The van der Waals surface area contributed by atoms with E-state index in [0.717, 1.165) is 69.7 Å². The lowest BCUT2D eigenvalue weighted by Crippen LogP contribution is -2.40. The molecule has 23 heavy (non-hydrogen) atoms. The second-order valence-corrected chi connectivity index (χ2v) is 5.70. The van der Waals surface area contributed by atoms with Gasteiger partial charge in [-0.25, -0.2) is 4.99 Å². The van der Waals surface area contributed by atoms with Gasteiger partial charge < -0.3 is 15.4 Å². The number of nitrogens with zero attached hydrogens (tertiary/aromatic N) is 3. The molecule has 6 nitrogen and oxygen atoms in total. The topological polar surface area (TPSA) is 61.8 Å². The molecule has 2 heterocycles. The van der Waals surface area contributed by atoms with Crippen molar-refractivity contribution in [1.29, 1.82) is 0 Å². The summed E-state index contributed by atoms with van der Waals surface area (Å²) in [5, 5.41) is 6.68. The Morgan fingerprint density at radius 3 is 2.87 bits per heavy atom. The zero-order chi connectivity index (χ0) is 16.3. The first-order valence-electron chi connectivity index (χ1n) is 8.52. The Labute approximate surface area is 139 Å². The highest BCUT2D eigenvalue weighted by Crippen LogP contribution is 2.00. The first-order chi connectivity index (χ1) is 11.3. The maximum atomic E-state index is 5.37. The van der Waals surface area contributed by atoms with Crippen LogP contribution < -0.4 is 10.6 Å². The fourth-order valence-electron chi connectivity index (χ4n) is 2.52. The molecule has 1 aromatic heterocycles.